The maximum atomic E-state index is 12.3. The third kappa shape index (κ3) is 2.94. The van der Waals surface area contributed by atoms with Crippen LogP contribution in [0.4, 0.5) is 5.82 Å². The summed E-state index contributed by atoms with van der Waals surface area (Å²) in [5.74, 6) is -0.341. The average Bonchev–Trinajstić information content (AvgIpc) is 3.02. The molecule has 0 bridgehead atoms. The number of amides is 1. The van der Waals surface area contributed by atoms with Crippen LogP contribution < -0.4 is 5.73 Å². The molecule has 0 saturated heterocycles. The standard InChI is InChI=1S/C17H18Cl2N4O/c1-2-3-7-12-14(17(20)24)16(23-13(22-12)8-9-21-23)10-5-4-6-11(18)15(10)19/h4-6,8-9,14,16H,2-3,7H2,1H3,(H2,20,24). The van der Waals surface area contributed by atoms with E-state index in [1.165, 1.54) is 0 Å². The highest BCUT2D eigenvalue weighted by atomic mass is 35.5. The molecule has 2 unspecified atom stereocenters. The first kappa shape index (κ1) is 17.0. The Labute approximate surface area is 150 Å². The molecule has 3 rings (SSSR count). The Hall–Kier alpha value is -1.85. The van der Waals surface area contributed by atoms with E-state index >= 15 is 0 Å². The minimum atomic E-state index is -0.597. The Morgan fingerprint density at radius 3 is 2.83 bits per heavy atom. The molecular weight excluding hydrogens is 347 g/mol. The van der Waals surface area contributed by atoms with Gasteiger partial charge in [0.25, 0.3) is 0 Å². The van der Waals surface area contributed by atoms with Gasteiger partial charge in [0, 0.05) is 11.8 Å². The van der Waals surface area contributed by atoms with Crippen LogP contribution in [0.1, 0.15) is 37.8 Å². The zero-order valence-corrected chi connectivity index (χ0v) is 14.8. The summed E-state index contributed by atoms with van der Waals surface area (Å²) >= 11 is 12.6. The quantitative estimate of drug-likeness (QED) is 0.864. The van der Waals surface area contributed by atoms with E-state index in [4.69, 9.17) is 28.9 Å². The molecule has 0 spiro atoms. The highest BCUT2D eigenvalue weighted by Crippen LogP contribution is 2.41. The molecule has 1 aliphatic rings. The minimum Gasteiger partial charge on any atom is -0.369 e. The first-order chi connectivity index (χ1) is 11.5. The van der Waals surface area contributed by atoms with Gasteiger partial charge >= 0.3 is 0 Å². The van der Waals surface area contributed by atoms with E-state index < -0.39 is 17.9 Å². The monoisotopic (exact) mass is 364 g/mol. The average molecular weight is 365 g/mol. The van der Waals surface area contributed by atoms with Crippen LogP contribution in [0.2, 0.25) is 10.0 Å². The molecule has 24 heavy (non-hydrogen) atoms. The summed E-state index contributed by atoms with van der Waals surface area (Å²) in [5, 5.41) is 5.18. The number of aromatic nitrogens is 2. The molecule has 7 heteroatoms. The van der Waals surface area contributed by atoms with Crippen molar-refractivity contribution >= 4 is 40.6 Å². The number of hydrogen-bond donors (Lipinski definition) is 1. The van der Waals surface area contributed by atoms with Crippen LogP contribution in [-0.2, 0) is 4.79 Å². The Morgan fingerprint density at radius 2 is 2.12 bits per heavy atom. The maximum absolute atomic E-state index is 12.3. The maximum Gasteiger partial charge on any atom is 0.228 e. The highest BCUT2D eigenvalue weighted by molar-refractivity contribution is 6.42. The van der Waals surface area contributed by atoms with Crippen LogP contribution in [0.3, 0.4) is 0 Å². The van der Waals surface area contributed by atoms with Crippen LogP contribution in [0.5, 0.6) is 0 Å². The second kappa shape index (κ2) is 6.95. The number of hydrogen-bond acceptors (Lipinski definition) is 3. The van der Waals surface area contributed by atoms with Gasteiger partial charge in [-0.2, -0.15) is 5.10 Å². The number of benzene rings is 1. The summed E-state index contributed by atoms with van der Waals surface area (Å²) in [7, 11) is 0. The van der Waals surface area contributed by atoms with Crippen molar-refractivity contribution in [2.24, 2.45) is 16.6 Å². The number of nitrogens with two attached hydrogens (primary N) is 1. The normalized spacial score (nSPS) is 19.7. The summed E-state index contributed by atoms with van der Waals surface area (Å²) in [4.78, 5) is 16.9. The van der Waals surface area contributed by atoms with E-state index in [-0.39, 0.29) is 0 Å². The fraction of sp³-hybridized carbons (Fsp3) is 0.353. The number of rotatable bonds is 5. The molecule has 2 N–H and O–H groups in total. The number of carbonyl (C=O) groups is 1. The van der Waals surface area contributed by atoms with E-state index in [1.54, 1.807) is 16.9 Å². The first-order valence-corrected chi connectivity index (χ1v) is 8.64. The number of nitrogens with zero attached hydrogens (tertiary/aromatic N) is 3. The smallest absolute Gasteiger partial charge is 0.228 e. The van der Waals surface area contributed by atoms with Gasteiger partial charge in [0.05, 0.1) is 22.3 Å². The van der Waals surface area contributed by atoms with Crippen molar-refractivity contribution in [2.45, 2.75) is 32.2 Å². The molecule has 1 aliphatic heterocycles. The predicted octanol–water partition coefficient (Wildman–Crippen LogP) is 4.16. The zero-order valence-electron chi connectivity index (χ0n) is 13.2. The van der Waals surface area contributed by atoms with Crippen molar-refractivity contribution in [1.29, 1.82) is 0 Å². The van der Waals surface area contributed by atoms with Gasteiger partial charge in [-0.15, -0.1) is 0 Å². The van der Waals surface area contributed by atoms with Gasteiger partial charge in [0.1, 0.15) is 5.92 Å². The van der Waals surface area contributed by atoms with Crippen LogP contribution >= 0.6 is 23.2 Å². The molecular formula is C17H18Cl2N4O. The molecule has 0 saturated carbocycles. The minimum absolute atomic E-state index is 0.411. The predicted molar refractivity (Wildman–Crippen MR) is 96.1 cm³/mol. The summed E-state index contributed by atoms with van der Waals surface area (Å²) in [6.45, 7) is 2.10. The zero-order chi connectivity index (χ0) is 17.3. The molecule has 1 aromatic heterocycles. The topological polar surface area (TPSA) is 73.3 Å². The Kier molecular flexibility index (Phi) is 4.92. The van der Waals surface area contributed by atoms with Crippen molar-refractivity contribution in [3.05, 3.63) is 46.1 Å². The van der Waals surface area contributed by atoms with Crippen molar-refractivity contribution in [1.82, 2.24) is 9.78 Å². The fourth-order valence-corrected chi connectivity index (χ4v) is 3.52. The second-order valence-corrected chi connectivity index (χ2v) is 6.59. The number of unbranched alkanes of at least 4 members (excludes halogenated alkanes) is 1. The van der Waals surface area contributed by atoms with Crippen molar-refractivity contribution in [3.63, 3.8) is 0 Å². The molecule has 126 valence electrons. The van der Waals surface area contributed by atoms with E-state index in [0.717, 1.165) is 24.1 Å². The number of carbonyl (C=O) groups excluding carboxylic acids is 1. The van der Waals surface area contributed by atoms with Crippen molar-refractivity contribution in [3.8, 4) is 0 Å². The van der Waals surface area contributed by atoms with Gasteiger partial charge < -0.3 is 5.73 Å². The van der Waals surface area contributed by atoms with Crippen LogP contribution in [0, 0.1) is 5.92 Å². The molecule has 2 atom stereocenters. The lowest BCUT2D eigenvalue weighted by molar-refractivity contribution is -0.120. The number of halogens is 2. The Morgan fingerprint density at radius 1 is 1.33 bits per heavy atom. The summed E-state index contributed by atoms with van der Waals surface area (Å²) in [5.41, 5.74) is 7.23. The summed E-state index contributed by atoms with van der Waals surface area (Å²) < 4.78 is 1.70. The summed E-state index contributed by atoms with van der Waals surface area (Å²) in [6, 6.07) is 6.74. The van der Waals surface area contributed by atoms with E-state index in [1.807, 2.05) is 18.2 Å². The molecule has 2 aromatic rings. The van der Waals surface area contributed by atoms with Gasteiger partial charge in [0.2, 0.25) is 5.91 Å². The molecule has 0 radical (unpaired) electrons. The highest BCUT2D eigenvalue weighted by Gasteiger charge is 2.39. The van der Waals surface area contributed by atoms with Crippen molar-refractivity contribution < 1.29 is 4.79 Å². The third-order valence-electron chi connectivity index (χ3n) is 4.24. The van der Waals surface area contributed by atoms with Crippen LogP contribution in [0.25, 0.3) is 0 Å². The Bertz CT molecular complexity index is 800. The first-order valence-electron chi connectivity index (χ1n) is 7.88. The number of aliphatic imine (C=N–C) groups is 1. The SMILES string of the molecule is CCCCC1=Nc2ccnn2C(c2cccc(Cl)c2Cl)C1C(N)=O. The van der Waals surface area contributed by atoms with E-state index in [0.29, 0.717) is 22.3 Å². The van der Waals surface area contributed by atoms with Crippen LogP contribution in [-0.4, -0.2) is 21.4 Å². The summed E-state index contributed by atoms with van der Waals surface area (Å²) in [6.07, 6.45) is 4.31. The van der Waals surface area contributed by atoms with Gasteiger partial charge in [0.15, 0.2) is 5.82 Å². The van der Waals surface area contributed by atoms with Gasteiger partial charge in [-0.05, 0) is 24.5 Å². The molecule has 0 fully saturated rings. The van der Waals surface area contributed by atoms with E-state index in [9.17, 15) is 4.79 Å². The third-order valence-corrected chi connectivity index (χ3v) is 5.07. The lowest BCUT2D eigenvalue weighted by Gasteiger charge is -2.32. The number of primary amides is 1. The molecule has 1 aromatic carbocycles. The lowest BCUT2D eigenvalue weighted by Crippen LogP contribution is -2.40. The molecule has 0 aliphatic carbocycles. The fourth-order valence-electron chi connectivity index (χ4n) is 3.10. The lowest BCUT2D eigenvalue weighted by atomic mass is 9.85. The Balaban J connectivity index is 2.17. The van der Waals surface area contributed by atoms with Crippen molar-refractivity contribution in [2.75, 3.05) is 0 Å². The van der Waals surface area contributed by atoms with Crippen LogP contribution in [0.15, 0.2) is 35.5 Å². The van der Waals surface area contributed by atoms with Gasteiger partial charge in [-0.3, -0.25) is 4.79 Å². The largest absolute Gasteiger partial charge is 0.369 e. The molecule has 1 amide bonds. The van der Waals surface area contributed by atoms with E-state index in [2.05, 4.69) is 17.0 Å². The second-order valence-electron chi connectivity index (χ2n) is 5.81. The van der Waals surface area contributed by atoms with Gasteiger partial charge in [-0.1, -0.05) is 48.7 Å². The van der Waals surface area contributed by atoms with Gasteiger partial charge in [-0.25, -0.2) is 9.67 Å². The molecule has 5 nitrogen and oxygen atoms in total. The molecule has 2 heterocycles. The number of fused-ring (bicyclic) bond motifs is 1.